The van der Waals surface area contributed by atoms with Gasteiger partial charge in [-0.25, -0.2) is 0 Å². The van der Waals surface area contributed by atoms with Crippen molar-refractivity contribution < 1.29 is 14.9 Å². The minimum atomic E-state index is -0.151. The summed E-state index contributed by atoms with van der Waals surface area (Å²) < 4.78 is 5.28. The molecule has 88 valence electrons. The van der Waals surface area contributed by atoms with Crippen molar-refractivity contribution in [1.29, 1.82) is 0 Å². The largest absolute Gasteiger partial charge is 0.508 e. The van der Waals surface area contributed by atoms with E-state index in [0.717, 1.165) is 31.6 Å². The molecule has 4 nitrogen and oxygen atoms in total. The normalized spacial score (nSPS) is 19.6. The standard InChI is InChI=1S/C12H17NO3/c13-12(8-1-3-16-4-2-8)9-5-10(14)7-11(15)6-9/h5-8,12,14-15H,1-4,13H2/t12-/m0/s1. The fourth-order valence-electron chi connectivity index (χ4n) is 2.16. The van der Waals surface area contributed by atoms with Crippen LogP contribution >= 0.6 is 0 Å². The summed E-state index contributed by atoms with van der Waals surface area (Å²) in [5.74, 6) is 0.463. The van der Waals surface area contributed by atoms with Crippen LogP contribution in [0.15, 0.2) is 18.2 Å². The first-order chi connectivity index (χ1) is 7.66. The van der Waals surface area contributed by atoms with Crippen LogP contribution in [0.25, 0.3) is 0 Å². The monoisotopic (exact) mass is 223 g/mol. The second kappa shape index (κ2) is 4.72. The third kappa shape index (κ3) is 2.46. The number of hydrogen-bond donors (Lipinski definition) is 3. The van der Waals surface area contributed by atoms with Crippen LogP contribution in [-0.4, -0.2) is 23.4 Å². The average molecular weight is 223 g/mol. The van der Waals surface area contributed by atoms with Gasteiger partial charge < -0.3 is 20.7 Å². The molecule has 0 spiro atoms. The second-order valence-corrected chi connectivity index (χ2v) is 4.26. The Balaban J connectivity index is 2.15. The molecule has 1 aliphatic heterocycles. The third-order valence-electron chi connectivity index (χ3n) is 3.08. The molecule has 0 aliphatic carbocycles. The highest BCUT2D eigenvalue weighted by Gasteiger charge is 2.22. The van der Waals surface area contributed by atoms with Crippen molar-refractivity contribution in [3.05, 3.63) is 23.8 Å². The van der Waals surface area contributed by atoms with E-state index in [9.17, 15) is 10.2 Å². The zero-order valence-electron chi connectivity index (χ0n) is 9.10. The zero-order chi connectivity index (χ0) is 11.5. The fraction of sp³-hybridized carbons (Fsp3) is 0.500. The van der Waals surface area contributed by atoms with Gasteiger partial charge in [0.15, 0.2) is 0 Å². The maximum absolute atomic E-state index is 9.40. The van der Waals surface area contributed by atoms with Gasteiger partial charge in [0.1, 0.15) is 11.5 Å². The van der Waals surface area contributed by atoms with Gasteiger partial charge in [0.25, 0.3) is 0 Å². The second-order valence-electron chi connectivity index (χ2n) is 4.26. The molecule has 2 rings (SSSR count). The first kappa shape index (κ1) is 11.2. The zero-order valence-corrected chi connectivity index (χ0v) is 9.10. The Bertz CT molecular complexity index is 341. The summed E-state index contributed by atoms with van der Waals surface area (Å²) in [6, 6.07) is 4.38. The van der Waals surface area contributed by atoms with E-state index in [0.29, 0.717) is 5.92 Å². The quantitative estimate of drug-likeness (QED) is 0.710. The molecule has 1 heterocycles. The van der Waals surface area contributed by atoms with Crippen molar-refractivity contribution in [3.8, 4) is 11.5 Å². The van der Waals surface area contributed by atoms with Gasteiger partial charge >= 0.3 is 0 Å². The first-order valence-electron chi connectivity index (χ1n) is 5.53. The minimum Gasteiger partial charge on any atom is -0.508 e. The molecule has 0 unspecified atom stereocenters. The van der Waals surface area contributed by atoms with Crippen LogP contribution in [0.4, 0.5) is 0 Å². The lowest BCUT2D eigenvalue weighted by Crippen LogP contribution is -2.27. The molecule has 16 heavy (non-hydrogen) atoms. The molecule has 0 radical (unpaired) electrons. The van der Waals surface area contributed by atoms with Crippen LogP contribution in [0, 0.1) is 5.92 Å². The van der Waals surface area contributed by atoms with Crippen molar-refractivity contribution in [2.45, 2.75) is 18.9 Å². The molecule has 4 N–H and O–H groups in total. The number of phenols is 2. The highest BCUT2D eigenvalue weighted by atomic mass is 16.5. The van der Waals surface area contributed by atoms with Crippen LogP contribution in [0.1, 0.15) is 24.4 Å². The lowest BCUT2D eigenvalue weighted by molar-refractivity contribution is 0.0583. The molecule has 1 atom stereocenters. The molecule has 1 aliphatic rings. The van der Waals surface area contributed by atoms with E-state index >= 15 is 0 Å². The van der Waals surface area contributed by atoms with Gasteiger partial charge in [0, 0.05) is 25.3 Å². The number of aromatic hydroxyl groups is 2. The van der Waals surface area contributed by atoms with Crippen LogP contribution < -0.4 is 5.73 Å². The number of rotatable bonds is 2. The predicted molar refractivity (Wildman–Crippen MR) is 60.2 cm³/mol. The van der Waals surface area contributed by atoms with Gasteiger partial charge in [0.2, 0.25) is 0 Å². The van der Waals surface area contributed by atoms with Gasteiger partial charge in [-0.1, -0.05) is 0 Å². The number of ether oxygens (including phenoxy) is 1. The molecule has 0 aromatic heterocycles. The van der Waals surface area contributed by atoms with E-state index in [1.807, 2.05) is 0 Å². The van der Waals surface area contributed by atoms with Gasteiger partial charge in [-0.15, -0.1) is 0 Å². The summed E-state index contributed by atoms with van der Waals surface area (Å²) >= 11 is 0. The molecular weight excluding hydrogens is 206 g/mol. The summed E-state index contributed by atoms with van der Waals surface area (Å²) in [7, 11) is 0. The first-order valence-corrected chi connectivity index (χ1v) is 5.53. The molecule has 4 heteroatoms. The average Bonchev–Trinajstić information content (AvgIpc) is 2.28. The van der Waals surface area contributed by atoms with Crippen molar-refractivity contribution in [2.75, 3.05) is 13.2 Å². The van der Waals surface area contributed by atoms with Crippen molar-refractivity contribution in [2.24, 2.45) is 11.7 Å². The summed E-state index contributed by atoms with van der Waals surface area (Å²) in [6.07, 6.45) is 1.86. The number of hydrogen-bond acceptors (Lipinski definition) is 4. The molecule has 0 bridgehead atoms. The Morgan fingerprint density at radius 1 is 1.12 bits per heavy atom. The molecular formula is C12H17NO3. The van der Waals surface area contributed by atoms with Crippen LogP contribution in [-0.2, 0) is 4.74 Å². The fourth-order valence-corrected chi connectivity index (χ4v) is 2.16. The van der Waals surface area contributed by atoms with Gasteiger partial charge in [-0.2, -0.15) is 0 Å². The molecule has 1 aromatic carbocycles. The molecule has 0 amide bonds. The Morgan fingerprint density at radius 3 is 2.25 bits per heavy atom. The molecule has 1 saturated heterocycles. The van der Waals surface area contributed by atoms with E-state index < -0.39 is 0 Å². The maximum Gasteiger partial charge on any atom is 0.119 e. The summed E-state index contributed by atoms with van der Waals surface area (Å²) in [6.45, 7) is 1.48. The van der Waals surface area contributed by atoms with Crippen molar-refractivity contribution in [1.82, 2.24) is 0 Å². The summed E-state index contributed by atoms with van der Waals surface area (Å²) in [5, 5.41) is 18.8. The van der Waals surface area contributed by atoms with Crippen molar-refractivity contribution in [3.63, 3.8) is 0 Å². The third-order valence-corrected chi connectivity index (χ3v) is 3.08. The van der Waals surface area contributed by atoms with Crippen LogP contribution in [0.3, 0.4) is 0 Å². The van der Waals surface area contributed by atoms with Gasteiger partial charge in [-0.05, 0) is 36.5 Å². The number of nitrogens with two attached hydrogens (primary N) is 1. The lowest BCUT2D eigenvalue weighted by atomic mass is 9.87. The number of phenolic OH excluding ortho intramolecular Hbond substituents is 2. The highest BCUT2D eigenvalue weighted by Crippen LogP contribution is 2.31. The maximum atomic E-state index is 9.40. The lowest BCUT2D eigenvalue weighted by Gasteiger charge is -2.28. The van der Waals surface area contributed by atoms with Crippen LogP contribution in [0.2, 0.25) is 0 Å². The predicted octanol–water partition coefficient (Wildman–Crippen LogP) is 1.52. The van der Waals surface area contributed by atoms with E-state index in [1.165, 1.54) is 6.07 Å². The number of benzene rings is 1. The van der Waals surface area contributed by atoms with E-state index in [1.54, 1.807) is 12.1 Å². The minimum absolute atomic E-state index is 0.0532. The SMILES string of the molecule is N[C@H](c1cc(O)cc(O)c1)C1CCOCC1. The van der Waals surface area contributed by atoms with Gasteiger partial charge in [-0.3, -0.25) is 0 Å². The van der Waals surface area contributed by atoms with Crippen LogP contribution in [0.5, 0.6) is 11.5 Å². The van der Waals surface area contributed by atoms with E-state index in [2.05, 4.69) is 0 Å². The Morgan fingerprint density at radius 2 is 1.69 bits per heavy atom. The Labute approximate surface area is 94.7 Å². The topological polar surface area (TPSA) is 75.7 Å². The molecule has 1 fully saturated rings. The summed E-state index contributed by atoms with van der Waals surface area (Å²) in [4.78, 5) is 0. The van der Waals surface area contributed by atoms with Gasteiger partial charge in [0.05, 0.1) is 0 Å². The van der Waals surface area contributed by atoms with E-state index in [4.69, 9.17) is 10.5 Å². The Kier molecular flexibility index (Phi) is 3.31. The molecule has 0 saturated carbocycles. The van der Waals surface area contributed by atoms with E-state index in [-0.39, 0.29) is 17.5 Å². The Hall–Kier alpha value is -1.26. The highest BCUT2D eigenvalue weighted by molar-refractivity contribution is 5.38. The van der Waals surface area contributed by atoms with Crippen molar-refractivity contribution >= 4 is 0 Å². The summed E-state index contributed by atoms with van der Waals surface area (Å²) in [5.41, 5.74) is 6.91. The molecule has 1 aromatic rings. The smallest absolute Gasteiger partial charge is 0.119 e.